The highest BCUT2D eigenvalue weighted by atomic mass is 15.0. The van der Waals surface area contributed by atoms with E-state index >= 15 is 0 Å². The number of nitrogens with one attached hydrogen (secondary N) is 2. The molecule has 0 fully saturated rings. The average Bonchev–Trinajstić information content (AvgIpc) is 2.74. The van der Waals surface area contributed by atoms with Crippen molar-refractivity contribution in [1.29, 1.82) is 0 Å². The summed E-state index contributed by atoms with van der Waals surface area (Å²) in [5, 5.41) is 4.55. The van der Waals surface area contributed by atoms with Crippen molar-refractivity contribution in [3.8, 4) is 0 Å². The van der Waals surface area contributed by atoms with Crippen molar-refractivity contribution in [3.05, 3.63) is 67.1 Å². The number of H-pyrrole nitrogens is 1. The van der Waals surface area contributed by atoms with E-state index < -0.39 is 0 Å². The van der Waals surface area contributed by atoms with Crippen LogP contribution in [0.1, 0.15) is 5.56 Å². The third-order valence-corrected chi connectivity index (χ3v) is 2.82. The first-order chi connectivity index (χ1) is 8.33. The number of hydrogen-bond donors (Lipinski definition) is 2. The standard InChI is InChI=1S/C15H13N2/c1-11-6-2-4-8-13(11)16-15-10-12-7-3-5-9-14(12)17-15/h2-10,16-17H,1H2. The van der Waals surface area contributed by atoms with E-state index in [0.717, 1.165) is 22.6 Å². The summed E-state index contributed by atoms with van der Waals surface area (Å²) in [7, 11) is 0. The molecule has 0 unspecified atom stereocenters. The molecule has 0 atom stereocenters. The van der Waals surface area contributed by atoms with Gasteiger partial charge in [0.05, 0.1) is 0 Å². The minimum atomic E-state index is 0.988. The molecule has 83 valence electrons. The van der Waals surface area contributed by atoms with Gasteiger partial charge in [-0.1, -0.05) is 36.4 Å². The van der Waals surface area contributed by atoms with Gasteiger partial charge in [0.2, 0.25) is 0 Å². The fourth-order valence-electron chi connectivity index (χ4n) is 1.93. The molecule has 2 aromatic carbocycles. The van der Waals surface area contributed by atoms with Crippen molar-refractivity contribution in [2.24, 2.45) is 0 Å². The molecule has 0 aliphatic heterocycles. The molecule has 0 amide bonds. The Kier molecular flexibility index (Phi) is 2.33. The van der Waals surface area contributed by atoms with Gasteiger partial charge in [-0.25, -0.2) is 0 Å². The number of aromatic amines is 1. The number of rotatable bonds is 2. The number of anilines is 2. The molecule has 0 saturated carbocycles. The normalized spacial score (nSPS) is 10.6. The molecule has 1 heterocycles. The predicted molar refractivity (Wildman–Crippen MR) is 72.5 cm³/mol. The quantitative estimate of drug-likeness (QED) is 0.670. The average molecular weight is 221 g/mol. The Morgan fingerprint density at radius 2 is 1.71 bits per heavy atom. The van der Waals surface area contributed by atoms with Crippen molar-refractivity contribution < 1.29 is 0 Å². The van der Waals surface area contributed by atoms with Crippen LogP contribution in [0.25, 0.3) is 10.9 Å². The molecule has 2 N–H and O–H groups in total. The van der Waals surface area contributed by atoms with Gasteiger partial charge >= 0.3 is 0 Å². The van der Waals surface area contributed by atoms with Gasteiger partial charge in [-0.2, -0.15) is 0 Å². The third kappa shape index (κ3) is 1.89. The minimum absolute atomic E-state index is 0.988. The van der Waals surface area contributed by atoms with Crippen LogP contribution >= 0.6 is 0 Å². The number of hydrogen-bond acceptors (Lipinski definition) is 1. The molecule has 0 saturated heterocycles. The van der Waals surface area contributed by atoms with Gasteiger partial charge < -0.3 is 10.3 Å². The molecule has 17 heavy (non-hydrogen) atoms. The first kappa shape index (κ1) is 9.97. The van der Waals surface area contributed by atoms with Gasteiger partial charge in [0, 0.05) is 16.6 Å². The number of benzene rings is 2. The maximum absolute atomic E-state index is 3.99. The van der Waals surface area contributed by atoms with Gasteiger partial charge in [0.1, 0.15) is 5.82 Å². The molecule has 1 aromatic heterocycles. The molecule has 2 nitrogen and oxygen atoms in total. The zero-order valence-electron chi connectivity index (χ0n) is 9.40. The lowest BCUT2D eigenvalue weighted by molar-refractivity contribution is 1.41. The van der Waals surface area contributed by atoms with E-state index in [1.807, 2.05) is 36.4 Å². The molecule has 3 rings (SSSR count). The fourth-order valence-corrected chi connectivity index (χ4v) is 1.93. The fraction of sp³-hybridized carbons (Fsp3) is 0. The lowest BCUT2D eigenvalue weighted by Gasteiger charge is -2.06. The number of aromatic nitrogens is 1. The summed E-state index contributed by atoms with van der Waals surface area (Å²) in [6.07, 6.45) is 0. The lowest BCUT2D eigenvalue weighted by Crippen LogP contribution is -1.92. The second kappa shape index (κ2) is 3.98. The van der Waals surface area contributed by atoms with Gasteiger partial charge in [-0.3, -0.25) is 0 Å². The van der Waals surface area contributed by atoms with Crippen LogP contribution < -0.4 is 5.32 Å². The van der Waals surface area contributed by atoms with Gasteiger partial charge in [-0.05, 0) is 30.7 Å². The molecule has 1 radical (unpaired) electrons. The Labute approximate surface area is 100 Å². The highest BCUT2D eigenvalue weighted by Crippen LogP contribution is 2.23. The summed E-state index contributed by atoms with van der Waals surface area (Å²) in [5.74, 6) is 0.988. The molecule has 0 bridgehead atoms. The SMILES string of the molecule is [CH2]c1ccccc1Nc1cc2ccccc2[nH]1. The van der Waals surface area contributed by atoms with Crippen LogP contribution in [0, 0.1) is 6.92 Å². The Morgan fingerprint density at radius 3 is 2.53 bits per heavy atom. The Morgan fingerprint density at radius 1 is 0.941 bits per heavy atom. The highest BCUT2D eigenvalue weighted by Gasteiger charge is 2.01. The summed E-state index contributed by atoms with van der Waals surface area (Å²) < 4.78 is 0. The first-order valence-electron chi connectivity index (χ1n) is 5.59. The van der Waals surface area contributed by atoms with E-state index in [1.54, 1.807) is 0 Å². The largest absolute Gasteiger partial charge is 0.342 e. The van der Waals surface area contributed by atoms with Gasteiger partial charge in [0.15, 0.2) is 0 Å². The van der Waals surface area contributed by atoms with Crippen LogP contribution in [0.2, 0.25) is 0 Å². The van der Waals surface area contributed by atoms with Crippen molar-refractivity contribution in [2.75, 3.05) is 5.32 Å². The highest BCUT2D eigenvalue weighted by molar-refractivity contribution is 5.85. The summed E-state index contributed by atoms with van der Waals surface area (Å²) in [6.45, 7) is 3.99. The number of fused-ring (bicyclic) bond motifs is 1. The zero-order valence-corrected chi connectivity index (χ0v) is 9.40. The molecule has 2 heteroatoms. The van der Waals surface area contributed by atoms with Crippen molar-refractivity contribution in [2.45, 2.75) is 0 Å². The second-order valence-corrected chi connectivity index (χ2v) is 4.05. The smallest absolute Gasteiger partial charge is 0.108 e. The monoisotopic (exact) mass is 221 g/mol. The molecule has 0 spiro atoms. The molecular weight excluding hydrogens is 208 g/mol. The summed E-state index contributed by atoms with van der Waals surface area (Å²) in [4.78, 5) is 3.33. The van der Waals surface area contributed by atoms with Crippen molar-refractivity contribution in [3.63, 3.8) is 0 Å². The van der Waals surface area contributed by atoms with Crippen LogP contribution in [0.15, 0.2) is 54.6 Å². The minimum Gasteiger partial charge on any atom is -0.342 e. The third-order valence-electron chi connectivity index (χ3n) is 2.82. The van der Waals surface area contributed by atoms with Crippen LogP contribution in [0.3, 0.4) is 0 Å². The zero-order chi connectivity index (χ0) is 11.7. The second-order valence-electron chi connectivity index (χ2n) is 4.05. The van der Waals surface area contributed by atoms with E-state index in [2.05, 4.69) is 35.4 Å². The van der Waals surface area contributed by atoms with E-state index in [0.29, 0.717) is 0 Å². The lowest BCUT2D eigenvalue weighted by atomic mass is 10.2. The Hall–Kier alpha value is -2.22. The van der Waals surface area contributed by atoms with Crippen LogP contribution in [-0.2, 0) is 0 Å². The van der Waals surface area contributed by atoms with Gasteiger partial charge in [-0.15, -0.1) is 0 Å². The van der Waals surface area contributed by atoms with Crippen LogP contribution in [-0.4, -0.2) is 4.98 Å². The molecule has 0 aliphatic carbocycles. The molecule has 3 aromatic rings. The first-order valence-corrected chi connectivity index (χ1v) is 5.59. The van der Waals surface area contributed by atoms with E-state index in [-0.39, 0.29) is 0 Å². The summed E-state index contributed by atoms with van der Waals surface area (Å²) in [6, 6.07) is 18.3. The van der Waals surface area contributed by atoms with E-state index in [1.165, 1.54) is 5.39 Å². The van der Waals surface area contributed by atoms with Crippen molar-refractivity contribution in [1.82, 2.24) is 4.98 Å². The molecule has 0 aliphatic rings. The maximum Gasteiger partial charge on any atom is 0.108 e. The Bertz CT molecular complexity index is 620. The Balaban J connectivity index is 1.98. The van der Waals surface area contributed by atoms with Crippen LogP contribution in [0.4, 0.5) is 11.5 Å². The predicted octanol–water partition coefficient (Wildman–Crippen LogP) is 4.09. The topological polar surface area (TPSA) is 27.8 Å². The van der Waals surface area contributed by atoms with Crippen molar-refractivity contribution >= 4 is 22.4 Å². The number of para-hydroxylation sites is 2. The summed E-state index contributed by atoms with van der Waals surface area (Å²) in [5.41, 5.74) is 3.15. The summed E-state index contributed by atoms with van der Waals surface area (Å²) >= 11 is 0. The van der Waals surface area contributed by atoms with E-state index in [4.69, 9.17) is 0 Å². The molecular formula is C15H13N2. The maximum atomic E-state index is 3.99. The van der Waals surface area contributed by atoms with E-state index in [9.17, 15) is 0 Å². The van der Waals surface area contributed by atoms with Crippen LogP contribution in [0.5, 0.6) is 0 Å². The van der Waals surface area contributed by atoms with Gasteiger partial charge in [0.25, 0.3) is 0 Å².